The monoisotopic (exact) mass is 252 g/mol. The molecule has 0 bridgehead atoms. The number of carboxylic acid groups (broad SMARTS) is 1. The summed E-state index contributed by atoms with van der Waals surface area (Å²) in [6.45, 7) is 5.79. The van der Waals surface area contributed by atoms with Crippen molar-refractivity contribution in [3.63, 3.8) is 0 Å². The molecule has 0 atom stereocenters. The van der Waals surface area contributed by atoms with Gasteiger partial charge in [0.15, 0.2) is 0 Å². The number of aliphatic carboxylic acids is 1. The maximum atomic E-state index is 11.4. The van der Waals surface area contributed by atoms with Crippen molar-refractivity contribution in [3.05, 3.63) is 0 Å². The Balaban J connectivity index is 3.84. The number of rotatable bonds is 7. The summed E-state index contributed by atoms with van der Waals surface area (Å²) in [5, 5.41) is 8.37. The zero-order chi connectivity index (χ0) is 12.8. The molecule has 5 nitrogen and oxygen atoms in total. The van der Waals surface area contributed by atoms with E-state index in [1.165, 1.54) is 0 Å². The van der Waals surface area contributed by atoms with Gasteiger partial charge in [0, 0.05) is 6.42 Å². The molecule has 0 aliphatic heterocycles. The summed E-state index contributed by atoms with van der Waals surface area (Å²) in [5.74, 6) is -1.02. The van der Waals surface area contributed by atoms with E-state index < -0.39 is 16.1 Å². The highest BCUT2D eigenvalue weighted by atomic mass is 32.2. The first kappa shape index (κ1) is 15.4. The number of carbonyl (C=O) groups is 1. The standard InChI is InChI=1S/C10H20O5S/c1-10(2,3)8-15-16(13,14)7-5-4-6-9(11)12/h4-8H2,1-3H3,(H,11,12). The lowest BCUT2D eigenvalue weighted by molar-refractivity contribution is -0.137. The molecular formula is C10H20O5S. The third-order valence-electron chi connectivity index (χ3n) is 1.71. The summed E-state index contributed by atoms with van der Waals surface area (Å²) in [6.07, 6.45) is 0.668. The van der Waals surface area contributed by atoms with Gasteiger partial charge in [-0.2, -0.15) is 8.42 Å². The van der Waals surface area contributed by atoms with Crippen LogP contribution in [0.15, 0.2) is 0 Å². The van der Waals surface area contributed by atoms with Gasteiger partial charge in [0.05, 0.1) is 12.4 Å². The van der Waals surface area contributed by atoms with E-state index in [0.29, 0.717) is 12.8 Å². The second kappa shape index (κ2) is 6.20. The summed E-state index contributed by atoms with van der Waals surface area (Å²) in [5.41, 5.74) is -0.200. The van der Waals surface area contributed by atoms with Crippen LogP contribution in [0.25, 0.3) is 0 Å². The average molecular weight is 252 g/mol. The maximum Gasteiger partial charge on any atom is 0.303 e. The predicted octanol–water partition coefficient (Wildman–Crippen LogP) is 1.63. The largest absolute Gasteiger partial charge is 0.481 e. The Morgan fingerprint density at radius 2 is 1.81 bits per heavy atom. The number of carboxylic acids is 1. The first-order chi connectivity index (χ1) is 7.12. The Morgan fingerprint density at radius 1 is 1.25 bits per heavy atom. The van der Waals surface area contributed by atoms with Crippen LogP contribution in [0.1, 0.15) is 40.0 Å². The van der Waals surface area contributed by atoms with Crippen molar-refractivity contribution >= 4 is 16.1 Å². The van der Waals surface area contributed by atoms with Crippen LogP contribution in [0.5, 0.6) is 0 Å². The molecule has 0 aliphatic carbocycles. The topological polar surface area (TPSA) is 80.7 Å². The third-order valence-corrected chi connectivity index (χ3v) is 2.97. The van der Waals surface area contributed by atoms with Gasteiger partial charge in [-0.3, -0.25) is 8.98 Å². The highest BCUT2D eigenvalue weighted by molar-refractivity contribution is 7.86. The number of unbranched alkanes of at least 4 members (excludes halogenated alkanes) is 1. The van der Waals surface area contributed by atoms with E-state index in [-0.39, 0.29) is 24.2 Å². The molecule has 0 heterocycles. The Morgan fingerprint density at radius 3 is 2.25 bits per heavy atom. The maximum absolute atomic E-state index is 11.4. The van der Waals surface area contributed by atoms with Crippen molar-refractivity contribution in [1.29, 1.82) is 0 Å². The first-order valence-electron chi connectivity index (χ1n) is 5.21. The van der Waals surface area contributed by atoms with Gasteiger partial charge in [-0.25, -0.2) is 0 Å². The Kier molecular flexibility index (Phi) is 5.96. The summed E-state index contributed by atoms with van der Waals surface area (Å²) in [7, 11) is -3.51. The van der Waals surface area contributed by atoms with Gasteiger partial charge in [-0.15, -0.1) is 0 Å². The smallest absolute Gasteiger partial charge is 0.303 e. The average Bonchev–Trinajstić information content (AvgIpc) is 2.08. The van der Waals surface area contributed by atoms with Crippen molar-refractivity contribution in [2.45, 2.75) is 40.0 Å². The van der Waals surface area contributed by atoms with Crippen LogP contribution >= 0.6 is 0 Å². The summed E-state index contributed by atoms with van der Waals surface area (Å²) in [4.78, 5) is 10.2. The Bertz CT molecular complexity index is 313. The minimum atomic E-state index is -3.51. The van der Waals surface area contributed by atoms with E-state index in [0.717, 1.165) is 0 Å². The van der Waals surface area contributed by atoms with Crippen LogP contribution in [0.3, 0.4) is 0 Å². The molecule has 0 aromatic heterocycles. The fourth-order valence-corrected chi connectivity index (χ4v) is 2.09. The molecule has 0 aromatic rings. The molecular weight excluding hydrogens is 232 g/mol. The molecule has 0 fully saturated rings. The van der Waals surface area contributed by atoms with Crippen LogP contribution in [0.4, 0.5) is 0 Å². The molecule has 0 spiro atoms. The van der Waals surface area contributed by atoms with Crippen LogP contribution in [-0.2, 0) is 19.1 Å². The lowest BCUT2D eigenvalue weighted by Crippen LogP contribution is -2.20. The van der Waals surface area contributed by atoms with Crippen molar-refractivity contribution in [2.75, 3.05) is 12.4 Å². The lowest BCUT2D eigenvalue weighted by atomic mass is 9.99. The zero-order valence-corrected chi connectivity index (χ0v) is 10.8. The zero-order valence-electron chi connectivity index (χ0n) is 10.0. The third kappa shape index (κ3) is 9.92. The fraction of sp³-hybridized carbons (Fsp3) is 0.900. The van der Waals surface area contributed by atoms with Crippen LogP contribution in [-0.4, -0.2) is 31.9 Å². The van der Waals surface area contributed by atoms with E-state index in [1.807, 2.05) is 20.8 Å². The number of hydrogen-bond acceptors (Lipinski definition) is 4. The van der Waals surface area contributed by atoms with Crippen molar-refractivity contribution in [3.8, 4) is 0 Å². The summed E-state index contributed by atoms with van der Waals surface area (Å²) >= 11 is 0. The van der Waals surface area contributed by atoms with Crippen LogP contribution in [0.2, 0.25) is 0 Å². The predicted molar refractivity (Wildman–Crippen MR) is 60.7 cm³/mol. The molecule has 0 rings (SSSR count). The summed E-state index contributed by atoms with van der Waals surface area (Å²) < 4.78 is 27.5. The Labute approximate surface area is 96.9 Å². The van der Waals surface area contributed by atoms with Crippen molar-refractivity contribution in [1.82, 2.24) is 0 Å². The second-order valence-corrected chi connectivity index (χ2v) is 6.69. The molecule has 0 radical (unpaired) electrons. The van der Waals surface area contributed by atoms with E-state index >= 15 is 0 Å². The molecule has 6 heteroatoms. The van der Waals surface area contributed by atoms with E-state index in [1.54, 1.807) is 0 Å². The molecule has 0 unspecified atom stereocenters. The minimum absolute atomic E-state index is 0.00517. The highest BCUT2D eigenvalue weighted by Gasteiger charge is 2.17. The van der Waals surface area contributed by atoms with Gasteiger partial charge in [-0.1, -0.05) is 20.8 Å². The SMILES string of the molecule is CC(C)(C)COS(=O)(=O)CCCCC(=O)O. The van der Waals surface area contributed by atoms with Crippen LogP contribution in [0, 0.1) is 5.41 Å². The minimum Gasteiger partial charge on any atom is -0.481 e. The van der Waals surface area contributed by atoms with Gasteiger partial charge in [0.2, 0.25) is 0 Å². The molecule has 0 saturated carbocycles. The Hall–Kier alpha value is -0.620. The van der Waals surface area contributed by atoms with Gasteiger partial charge in [0.1, 0.15) is 0 Å². The normalized spacial score (nSPS) is 12.7. The quantitative estimate of drug-likeness (QED) is 0.550. The van der Waals surface area contributed by atoms with Crippen molar-refractivity contribution in [2.24, 2.45) is 5.41 Å². The number of hydrogen-bond donors (Lipinski definition) is 1. The summed E-state index contributed by atoms with van der Waals surface area (Å²) in [6, 6.07) is 0. The highest BCUT2D eigenvalue weighted by Crippen LogP contribution is 2.15. The second-order valence-electron chi connectivity index (χ2n) is 4.94. The van der Waals surface area contributed by atoms with Gasteiger partial charge in [-0.05, 0) is 18.3 Å². The molecule has 1 N–H and O–H groups in total. The first-order valence-corrected chi connectivity index (χ1v) is 6.79. The van der Waals surface area contributed by atoms with Crippen molar-refractivity contribution < 1.29 is 22.5 Å². The van der Waals surface area contributed by atoms with E-state index in [4.69, 9.17) is 9.29 Å². The van der Waals surface area contributed by atoms with Gasteiger partial charge < -0.3 is 5.11 Å². The lowest BCUT2D eigenvalue weighted by Gasteiger charge is -2.17. The molecule has 0 saturated heterocycles. The van der Waals surface area contributed by atoms with E-state index in [2.05, 4.69) is 0 Å². The molecule has 96 valence electrons. The molecule has 0 aliphatic rings. The van der Waals surface area contributed by atoms with Gasteiger partial charge in [0.25, 0.3) is 10.1 Å². The molecule has 16 heavy (non-hydrogen) atoms. The van der Waals surface area contributed by atoms with E-state index in [9.17, 15) is 13.2 Å². The molecule has 0 amide bonds. The van der Waals surface area contributed by atoms with Crippen LogP contribution < -0.4 is 0 Å². The van der Waals surface area contributed by atoms with Gasteiger partial charge >= 0.3 is 5.97 Å². The fourth-order valence-electron chi connectivity index (χ4n) is 0.881. The molecule has 0 aromatic carbocycles.